The van der Waals surface area contributed by atoms with Crippen molar-refractivity contribution in [2.24, 2.45) is 7.05 Å². The van der Waals surface area contributed by atoms with Crippen LogP contribution in [0.25, 0.3) is 10.9 Å². The minimum atomic E-state index is -0.779. The zero-order valence-electron chi connectivity index (χ0n) is 10.4. The van der Waals surface area contributed by atoms with Crippen LogP contribution in [-0.2, 0) is 7.05 Å². The number of hydrogen-bond donors (Lipinski definition) is 1. The van der Waals surface area contributed by atoms with Gasteiger partial charge < -0.3 is 9.67 Å². The fraction of sp³-hybridized carbons (Fsp3) is 0.0833. The third kappa shape index (κ3) is 1.58. The predicted molar refractivity (Wildman–Crippen MR) is 68.4 cm³/mol. The molecule has 0 unspecified atom stereocenters. The standard InChI is InChI=1S/C12H9N5O3/c1-16-8-5-3-2-4-7(8)10(18)9(11(16)19)12(20)17-6-13-14-15-17/h2-6,18H,1H3. The number of carbonyl (C=O) groups is 1. The van der Waals surface area contributed by atoms with Gasteiger partial charge in [-0.25, -0.2) is 0 Å². The van der Waals surface area contributed by atoms with Crippen LogP contribution in [-0.4, -0.2) is 35.8 Å². The van der Waals surface area contributed by atoms with Crippen molar-refractivity contribution in [1.29, 1.82) is 0 Å². The van der Waals surface area contributed by atoms with E-state index >= 15 is 0 Å². The fourth-order valence-corrected chi connectivity index (χ4v) is 2.04. The van der Waals surface area contributed by atoms with Gasteiger partial charge in [0.2, 0.25) is 0 Å². The van der Waals surface area contributed by atoms with E-state index in [0.717, 1.165) is 11.0 Å². The zero-order chi connectivity index (χ0) is 14.3. The Kier molecular flexibility index (Phi) is 2.56. The molecule has 0 aliphatic heterocycles. The lowest BCUT2D eigenvalue weighted by Crippen LogP contribution is -2.28. The van der Waals surface area contributed by atoms with Gasteiger partial charge in [0.05, 0.1) is 5.52 Å². The topological polar surface area (TPSA) is 103 Å². The first kappa shape index (κ1) is 12.0. The normalized spacial score (nSPS) is 10.8. The van der Waals surface area contributed by atoms with E-state index in [2.05, 4.69) is 15.5 Å². The van der Waals surface area contributed by atoms with E-state index in [4.69, 9.17) is 0 Å². The van der Waals surface area contributed by atoms with Gasteiger partial charge in [0.15, 0.2) is 0 Å². The average Bonchev–Trinajstić information content (AvgIpc) is 2.99. The van der Waals surface area contributed by atoms with Crippen LogP contribution in [0.1, 0.15) is 10.4 Å². The highest BCUT2D eigenvalue weighted by molar-refractivity contribution is 6.02. The summed E-state index contributed by atoms with van der Waals surface area (Å²) in [5.41, 5.74) is -0.441. The molecule has 0 bridgehead atoms. The van der Waals surface area contributed by atoms with Crippen molar-refractivity contribution in [1.82, 2.24) is 24.8 Å². The van der Waals surface area contributed by atoms with Crippen molar-refractivity contribution >= 4 is 16.8 Å². The molecule has 0 radical (unpaired) electrons. The van der Waals surface area contributed by atoms with Crippen LogP contribution in [0.4, 0.5) is 0 Å². The number of benzene rings is 1. The molecule has 2 heterocycles. The lowest BCUT2D eigenvalue weighted by atomic mass is 10.1. The molecule has 3 aromatic rings. The lowest BCUT2D eigenvalue weighted by Gasteiger charge is -2.10. The van der Waals surface area contributed by atoms with Gasteiger partial charge in [0, 0.05) is 12.4 Å². The molecule has 0 saturated heterocycles. The maximum absolute atomic E-state index is 12.2. The first-order valence-corrected chi connectivity index (χ1v) is 5.69. The Morgan fingerprint density at radius 3 is 2.75 bits per heavy atom. The van der Waals surface area contributed by atoms with Crippen LogP contribution in [0, 0.1) is 0 Å². The van der Waals surface area contributed by atoms with Gasteiger partial charge in [-0.05, 0) is 22.6 Å². The Labute approximate surface area is 111 Å². The minimum Gasteiger partial charge on any atom is -0.506 e. The molecule has 100 valence electrons. The Balaban J connectivity index is 2.37. The van der Waals surface area contributed by atoms with E-state index in [-0.39, 0.29) is 11.3 Å². The van der Waals surface area contributed by atoms with Crippen LogP contribution >= 0.6 is 0 Å². The van der Waals surface area contributed by atoms with Gasteiger partial charge in [-0.15, -0.1) is 5.10 Å². The summed E-state index contributed by atoms with van der Waals surface area (Å²) in [6.07, 6.45) is 1.07. The highest BCUT2D eigenvalue weighted by atomic mass is 16.3. The Morgan fingerprint density at radius 1 is 1.30 bits per heavy atom. The quantitative estimate of drug-likeness (QED) is 0.621. The summed E-state index contributed by atoms with van der Waals surface area (Å²) >= 11 is 0. The second kappa shape index (κ2) is 4.26. The maximum Gasteiger partial charge on any atom is 0.290 e. The van der Waals surface area contributed by atoms with Crippen molar-refractivity contribution < 1.29 is 9.90 Å². The molecule has 0 fully saturated rings. The Morgan fingerprint density at radius 2 is 2.05 bits per heavy atom. The maximum atomic E-state index is 12.2. The van der Waals surface area contributed by atoms with E-state index in [1.54, 1.807) is 24.3 Å². The minimum absolute atomic E-state index is 0.362. The molecule has 8 heteroatoms. The van der Waals surface area contributed by atoms with Crippen LogP contribution < -0.4 is 5.56 Å². The summed E-state index contributed by atoms with van der Waals surface area (Å²) in [5, 5.41) is 20.7. The highest BCUT2D eigenvalue weighted by Gasteiger charge is 2.22. The number of pyridine rings is 1. The molecule has 1 aromatic carbocycles. The number of aryl methyl sites for hydroxylation is 1. The molecule has 0 amide bonds. The molecule has 0 saturated carbocycles. The second-order valence-corrected chi connectivity index (χ2v) is 4.16. The van der Waals surface area contributed by atoms with Gasteiger partial charge in [-0.2, -0.15) is 4.68 Å². The zero-order valence-corrected chi connectivity index (χ0v) is 10.4. The van der Waals surface area contributed by atoms with Gasteiger partial charge >= 0.3 is 0 Å². The number of rotatable bonds is 1. The van der Waals surface area contributed by atoms with Gasteiger partial charge in [-0.3, -0.25) is 9.59 Å². The second-order valence-electron chi connectivity index (χ2n) is 4.16. The van der Waals surface area contributed by atoms with Crippen molar-refractivity contribution in [3.05, 3.63) is 46.5 Å². The number of fused-ring (bicyclic) bond motifs is 1. The number of para-hydroxylation sites is 1. The fourth-order valence-electron chi connectivity index (χ4n) is 2.04. The van der Waals surface area contributed by atoms with Gasteiger partial charge in [-0.1, -0.05) is 12.1 Å². The first-order valence-electron chi connectivity index (χ1n) is 5.69. The predicted octanol–water partition coefficient (Wildman–Crippen LogP) is -0.0809. The summed E-state index contributed by atoms with van der Waals surface area (Å²) < 4.78 is 2.10. The highest BCUT2D eigenvalue weighted by Crippen LogP contribution is 2.25. The molecule has 1 N–H and O–H groups in total. The average molecular weight is 271 g/mol. The van der Waals surface area contributed by atoms with Crippen molar-refractivity contribution in [3.63, 3.8) is 0 Å². The van der Waals surface area contributed by atoms with E-state index < -0.39 is 11.5 Å². The molecule has 0 spiro atoms. The Hall–Kier alpha value is -3.03. The third-order valence-electron chi connectivity index (χ3n) is 3.05. The Bertz CT molecular complexity index is 867. The van der Waals surface area contributed by atoms with E-state index in [0.29, 0.717) is 10.9 Å². The van der Waals surface area contributed by atoms with Crippen LogP contribution in [0.5, 0.6) is 5.75 Å². The molecule has 3 rings (SSSR count). The smallest absolute Gasteiger partial charge is 0.290 e. The molecule has 8 nitrogen and oxygen atoms in total. The first-order chi connectivity index (χ1) is 9.61. The number of aromatic hydroxyl groups is 1. The van der Waals surface area contributed by atoms with Gasteiger partial charge in [0.1, 0.15) is 17.6 Å². The monoisotopic (exact) mass is 271 g/mol. The molecule has 0 atom stereocenters. The largest absolute Gasteiger partial charge is 0.506 e. The van der Waals surface area contributed by atoms with Crippen LogP contribution in [0.2, 0.25) is 0 Å². The van der Waals surface area contributed by atoms with Gasteiger partial charge in [0.25, 0.3) is 11.5 Å². The van der Waals surface area contributed by atoms with Crippen molar-refractivity contribution in [2.75, 3.05) is 0 Å². The molecule has 20 heavy (non-hydrogen) atoms. The number of hydrogen-bond acceptors (Lipinski definition) is 6. The van der Waals surface area contributed by atoms with Crippen LogP contribution in [0.3, 0.4) is 0 Å². The summed E-state index contributed by atoms with van der Waals surface area (Å²) in [6.45, 7) is 0. The van der Waals surface area contributed by atoms with E-state index in [1.807, 2.05) is 0 Å². The molecular formula is C12H9N5O3. The molecular weight excluding hydrogens is 262 g/mol. The third-order valence-corrected chi connectivity index (χ3v) is 3.05. The number of aromatic nitrogens is 5. The van der Waals surface area contributed by atoms with Crippen molar-refractivity contribution in [3.8, 4) is 5.75 Å². The summed E-state index contributed by atoms with van der Waals surface area (Å²) in [7, 11) is 1.53. The molecule has 0 aliphatic carbocycles. The SMILES string of the molecule is Cn1c(=O)c(C(=O)n2cnnn2)c(O)c2ccccc21. The summed E-state index contributed by atoms with van der Waals surface area (Å²) in [4.78, 5) is 24.4. The summed E-state index contributed by atoms with van der Waals surface area (Å²) in [6, 6.07) is 6.75. The van der Waals surface area contributed by atoms with Crippen molar-refractivity contribution in [2.45, 2.75) is 0 Å². The van der Waals surface area contributed by atoms with Crippen LogP contribution in [0.15, 0.2) is 35.4 Å². The van der Waals surface area contributed by atoms with E-state index in [1.165, 1.54) is 11.6 Å². The number of tetrazole rings is 1. The lowest BCUT2D eigenvalue weighted by molar-refractivity contribution is 0.0938. The molecule has 0 aliphatic rings. The van der Waals surface area contributed by atoms with E-state index in [9.17, 15) is 14.7 Å². The number of carbonyl (C=O) groups excluding carboxylic acids is 1. The summed E-state index contributed by atoms with van der Waals surface area (Å²) in [5.74, 6) is -1.15. The number of nitrogens with zero attached hydrogens (tertiary/aromatic N) is 5. The molecule has 2 aromatic heterocycles.